The van der Waals surface area contributed by atoms with Crippen LogP contribution < -0.4 is 20.0 Å². The molecule has 0 radical (unpaired) electrons. The van der Waals surface area contributed by atoms with Crippen LogP contribution in [0.2, 0.25) is 0 Å². The van der Waals surface area contributed by atoms with E-state index < -0.39 is 66.5 Å². The standard InChI is InChI=1S/C37H38F4N6O6/c1-5-21(3)53-35(50)27(44-33(48)31-20(2)15-23(17-26(31)38)46-13-14-52-19-30(46)37(39,40)41)16-22-8-9-28(32-24(22)7-6-11-43-32)47-34(49)25-10-12-42-18-29(25)45(4)36(47)51/h6-12,15,17-18,21,27,30,34,49H,5,13-14,16,19H2,1-4H3,(H,44,48)/t21-,27-,30+,34?/m0/s1. The maximum atomic E-state index is 15.7. The molecule has 3 amide bonds. The smallest absolute Gasteiger partial charge is 0.411 e. The van der Waals surface area contributed by atoms with Crippen LogP contribution in [0.5, 0.6) is 0 Å². The van der Waals surface area contributed by atoms with Crippen molar-refractivity contribution in [3.05, 3.63) is 89.1 Å². The van der Waals surface area contributed by atoms with Crippen LogP contribution in [0, 0.1) is 12.7 Å². The Hall–Kier alpha value is -5.35. The second-order valence-corrected chi connectivity index (χ2v) is 13.0. The summed E-state index contributed by atoms with van der Waals surface area (Å²) in [6, 6.07) is 6.49. The lowest BCUT2D eigenvalue weighted by Gasteiger charge is -2.38. The third kappa shape index (κ3) is 7.33. The summed E-state index contributed by atoms with van der Waals surface area (Å²) in [5, 5.41) is 14.4. The first-order chi connectivity index (χ1) is 25.2. The second-order valence-electron chi connectivity index (χ2n) is 13.0. The first-order valence-electron chi connectivity index (χ1n) is 17.0. The number of carbonyl (C=O) groups excluding carboxylic acids is 3. The molecule has 2 aromatic carbocycles. The number of aromatic nitrogens is 2. The van der Waals surface area contributed by atoms with Gasteiger partial charge in [-0.15, -0.1) is 0 Å². The fourth-order valence-corrected chi connectivity index (χ4v) is 6.60. The third-order valence-corrected chi connectivity index (χ3v) is 9.55. The number of pyridine rings is 2. The molecular weight excluding hydrogens is 700 g/mol. The number of hydrogen-bond acceptors (Lipinski definition) is 9. The number of carbonyl (C=O) groups is 3. The summed E-state index contributed by atoms with van der Waals surface area (Å²) in [5.41, 5.74) is 1.57. The van der Waals surface area contributed by atoms with Gasteiger partial charge in [0.1, 0.15) is 17.9 Å². The molecule has 1 saturated heterocycles. The van der Waals surface area contributed by atoms with Gasteiger partial charge in [-0.2, -0.15) is 13.2 Å². The van der Waals surface area contributed by atoms with Gasteiger partial charge in [-0.3, -0.25) is 24.6 Å². The summed E-state index contributed by atoms with van der Waals surface area (Å²) < 4.78 is 67.6. The number of nitrogens with zero attached hydrogens (tertiary/aromatic N) is 5. The van der Waals surface area contributed by atoms with Crippen molar-refractivity contribution in [2.45, 2.75) is 64.2 Å². The number of urea groups is 1. The number of benzene rings is 2. The highest BCUT2D eigenvalue weighted by molar-refractivity contribution is 6.10. The Labute approximate surface area is 302 Å². The number of anilines is 3. The Morgan fingerprint density at radius 3 is 2.64 bits per heavy atom. The molecule has 0 bridgehead atoms. The highest BCUT2D eigenvalue weighted by atomic mass is 19.4. The first-order valence-corrected chi connectivity index (χ1v) is 17.0. The molecule has 0 aliphatic carbocycles. The predicted molar refractivity (Wildman–Crippen MR) is 187 cm³/mol. The molecule has 1 fully saturated rings. The molecule has 6 rings (SSSR count). The number of rotatable bonds is 9. The van der Waals surface area contributed by atoms with Crippen LogP contribution in [-0.2, 0) is 20.7 Å². The minimum Gasteiger partial charge on any atom is -0.461 e. The molecule has 16 heteroatoms. The van der Waals surface area contributed by atoms with Gasteiger partial charge in [0.15, 0.2) is 6.23 Å². The van der Waals surface area contributed by atoms with Gasteiger partial charge in [-0.05, 0) is 61.7 Å². The molecule has 4 heterocycles. The van der Waals surface area contributed by atoms with E-state index in [9.17, 15) is 32.7 Å². The molecule has 0 spiro atoms. The minimum absolute atomic E-state index is 0.0122. The molecule has 2 aliphatic heterocycles. The Morgan fingerprint density at radius 2 is 1.92 bits per heavy atom. The van der Waals surface area contributed by atoms with Gasteiger partial charge in [0.2, 0.25) is 0 Å². The quantitative estimate of drug-likeness (QED) is 0.166. The van der Waals surface area contributed by atoms with Crippen LogP contribution in [-0.4, -0.2) is 84.2 Å². The first kappa shape index (κ1) is 37.4. The van der Waals surface area contributed by atoms with Crippen molar-refractivity contribution in [1.82, 2.24) is 15.3 Å². The van der Waals surface area contributed by atoms with E-state index in [2.05, 4.69) is 15.3 Å². The van der Waals surface area contributed by atoms with Crippen LogP contribution in [0.25, 0.3) is 10.9 Å². The van der Waals surface area contributed by atoms with Crippen molar-refractivity contribution in [1.29, 1.82) is 0 Å². The lowest BCUT2D eigenvalue weighted by molar-refractivity contribution is -0.167. The fourth-order valence-electron chi connectivity index (χ4n) is 6.60. The van der Waals surface area contributed by atoms with Gasteiger partial charge in [0, 0.05) is 49.0 Å². The van der Waals surface area contributed by atoms with Crippen LogP contribution in [0.15, 0.2) is 61.1 Å². The van der Waals surface area contributed by atoms with Crippen molar-refractivity contribution in [3.63, 3.8) is 0 Å². The summed E-state index contributed by atoms with van der Waals surface area (Å²) in [7, 11) is 1.56. The number of aliphatic hydroxyl groups excluding tert-OH is 1. The van der Waals surface area contributed by atoms with Gasteiger partial charge < -0.3 is 24.8 Å². The molecule has 1 unspecified atom stereocenters. The highest BCUT2D eigenvalue weighted by Gasteiger charge is 2.46. The van der Waals surface area contributed by atoms with Gasteiger partial charge in [0.05, 0.1) is 48.0 Å². The zero-order valence-corrected chi connectivity index (χ0v) is 29.4. The molecule has 4 atom stereocenters. The lowest BCUT2D eigenvalue weighted by atomic mass is 9.98. The average Bonchev–Trinajstić information content (AvgIpc) is 3.13. The van der Waals surface area contributed by atoms with Crippen LogP contribution in [0.3, 0.4) is 0 Å². The van der Waals surface area contributed by atoms with Gasteiger partial charge in [-0.1, -0.05) is 19.1 Å². The topological polar surface area (TPSA) is 137 Å². The Morgan fingerprint density at radius 1 is 1.15 bits per heavy atom. The van der Waals surface area contributed by atoms with Crippen molar-refractivity contribution in [3.8, 4) is 0 Å². The number of esters is 1. The van der Waals surface area contributed by atoms with E-state index in [1.165, 1.54) is 41.4 Å². The Bertz CT molecular complexity index is 2020. The summed E-state index contributed by atoms with van der Waals surface area (Å²) in [6.07, 6.45) is -1.69. The van der Waals surface area contributed by atoms with Crippen molar-refractivity contribution in [2.24, 2.45) is 0 Å². The van der Waals surface area contributed by atoms with E-state index in [1.54, 1.807) is 44.3 Å². The van der Waals surface area contributed by atoms with Gasteiger partial charge >= 0.3 is 18.2 Å². The van der Waals surface area contributed by atoms with Crippen molar-refractivity contribution < 1.29 is 46.5 Å². The maximum absolute atomic E-state index is 15.7. The maximum Gasteiger partial charge on any atom is 0.411 e. The number of ether oxygens (including phenoxy) is 2. The molecular formula is C37H38F4N6O6. The van der Waals surface area contributed by atoms with E-state index in [1.807, 2.05) is 6.92 Å². The van der Waals surface area contributed by atoms with E-state index in [-0.39, 0.29) is 36.5 Å². The number of fused-ring (bicyclic) bond motifs is 2. The van der Waals surface area contributed by atoms with Crippen LogP contribution in [0.4, 0.5) is 39.4 Å². The molecule has 280 valence electrons. The summed E-state index contributed by atoms with van der Waals surface area (Å²) in [4.78, 5) is 53.0. The monoisotopic (exact) mass is 738 g/mol. The summed E-state index contributed by atoms with van der Waals surface area (Å²) >= 11 is 0. The molecule has 12 nitrogen and oxygen atoms in total. The molecule has 53 heavy (non-hydrogen) atoms. The number of amides is 3. The Kier molecular flexibility index (Phi) is 10.5. The number of aryl methyl sites for hydroxylation is 1. The van der Waals surface area contributed by atoms with Gasteiger partial charge in [0.25, 0.3) is 5.91 Å². The minimum atomic E-state index is -4.63. The zero-order chi connectivity index (χ0) is 38.2. The third-order valence-electron chi connectivity index (χ3n) is 9.55. The number of halogens is 4. The fraction of sp³-hybridized carbons (Fsp3) is 0.378. The highest BCUT2D eigenvalue weighted by Crippen LogP contribution is 2.40. The van der Waals surface area contributed by atoms with E-state index >= 15 is 4.39 Å². The summed E-state index contributed by atoms with van der Waals surface area (Å²) in [5.74, 6) is -2.83. The lowest BCUT2D eigenvalue weighted by Crippen LogP contribution is -2.53. The summed E-state index contributed by atoms with van der Waals surface area (Å²) in [6.45, 7) is 4.15. The molecule has 2 aliphatic rings. The molecule has 0 saturated carbocycles. The largest absolute Gasteiger partial charge is 0.461 e. The second kappa shape index (κ2) is 14.9. The van der Waals surface area contributed by atoms with Crippen LogP contribution in [0.1, 0.15) is 53.5 Å². The van der Waals surface area contributed by atoms with E-state index in [4.69, 9.17) is 9.47 Å². The zero-order valence-electron chi connectivity index (χ0n) is 29.4. The van der Waals surface area contributed by atoms with Crippen LogP contribution >= 0.6 is 0 Å². The number of hydrogen-bond donors (Lipinski definition) is 2. The number of morpholine rings is 1. The van der Waals surface area contributed by atoms with Crippen molar-refractivity contribution in [2.75, 3.05) is 41.5 Å². The molecule has 2 N–H and O–H groups in total. The molecule has 2 aromatic heterocycles. The number of aliphatic hydroxyl groups is 1. The predicted octanol–water partition coefficient (Wildman–Crippen LogP) is 5.59. The average molecular weight is 739 g/mol. The number of nitrogens with one attached hydrogen (secondary N) is 1. The Balaban J connectivity index is 1.32. The SMILES string of the molecule is CC[C@H](C)OC(=O)[C@H](Cc1ccc(N2C(=O)N(C)c3cnccc3C2O)c2ncccc12)NC(=O)c1c(C)cc(N2CCOC[C@@H]2C(F)(F)F)cc1F. The molecule has 4 aromatic rings. The van der Waals surface area contributed by atoms with Crippen molar-refractivity contribution >= 4 is 45.9 Å². The van der Waals surface area contributed by atoms with E-state index in [0.29, 0.717) is 34.1 Å². The normalized spacial score (nSPS) is 18.8. The number of alkyl halides is 3. The van der Waals surface area contributed by atoms with Gasteiger partial charge in [-0.25, -0.2) is 14.0 Å². The van der Waals surface area contributed by atoms with E-state index in [0.717, 1.165) is 11.0 Å².